The van der Waals surface area contributed by atoms with Crippen LogP contribution in [0.2, 0.25) is 0 Å². The van der Waals surface area contributed by atoms with E-state index in [1.807, 2.05) is 12.1 Å². The van der Waals surface area contributed by atoms with Crippen molar-refractivity contribution in [2.75, 3.05) is 5.32 Å². The van der Waals surface area contributed by atoms with Crippen LogP contribution in [0.4, 0.5) is 5.82 Å². The molecule has 0 aliphatic heterocycles. The lowest BCUT2D eigenvalue weighted by atomic mass is 9.90. The van der Waals surface area contributed by atoms with Gasteiger partial charge in [0.15, 0.2) is 11.9 Å². The lowest BCUT2D eigenvalue weighted by Crippen LogP contribution is -2.30. The Morgan fingerprint density at radius 1 is 1.21 bits per heavy atom. The molecular weight excluding hydrogens is 308 g/mol. The third kappa shape index (κ3) is 3.64. The molecule has 0 unspecified atom stereocenters. The highest BCUT2D eigenvalue weighted by atomic mass is 16.5. The van der Waals surface area contributed by atoms with E-state index in [4.69, 9.17) is 9.26 Å². The fourth-order valence-corrected chi connectivity index (χ4v) is 2.80. The number of hydrogen-bond acceptors (Lipinski definition) is 5. The summed E-state index contributed by atoms with van der Waals surface area (Å²) >= 11 is 0. The maximum atomic E-state index is 12.3. The number of aryl methyl sites for hydroxylation is 3. The second kappa shape index (κ2) is 6.86. The summed E-state index contributed by atoms with van der Waals surface area (Å²) in [6.07, 6.45) is 3.45. The van der Waals surface area contributed by atoms with Crippen molar-refractivity contribution in [1.82, 2.24) is 5.16 Å². The lowest BCUT2D eigenvalue weighted by Gasteiger charge is -2.17. The standard InChI is InChI=1S/C18H20N2O4/c1-11-9-16(20-24-11)19-17(21)12(2)23-18(22)15-8-7-13-5-3-4-6-14(13)10-15/h7-10,12H,3-6H2,1-2H3,(H,19,20,21)/t12-/m0/s1. The number of fused-ring (bicyclic) bond motifs is 1. The van der Waals surface area contributed by atoms with Crippen molar-refractivity contribution in [1.29, 1.82) is 0 Å². The molecule has 1 atom stereocenters. The Labute approximate surface area is 140 Å². The van der Waals surface area contributed by atoms with Gasteiger partial charge in [-0.05, 0) is 62.8 Å². The van der Waals surface area contributed by atoms with Crippen LogP contribution >= 0.6 is 0 Å². The summed E-state index contributed by atoms with van der Waals surface area (Å²) in [4.78, 5) is 24.3. The first-order valence-electron chi connectivity index (χ1n) is 8.10. The molecule has 1 heterocycles. The summed E-state index contributed by atoms with van der Waals surface area (Å²) in [6.45, 7) is 3.25. The van der Waals surface area contributed by atoms with Crippen LogP contribution in [-0.4, -0.2) is 23.1 Å². The quantitative estimate of drug-likeness (QED) is 0.872. The summed E-state index contributed by atoms with van der Waals surface area (Å²) in [5.74, 6) is -0.0600. The molecule has 0 radical (unpaired) electrons. The van der Waals surface area contributed by atoms with Gasteiger partial charge in [0.1, 0.15) is 5.76 Å². The van der Waals surface area contributed by atoms with Crippen LogP contribution < -0.4 is 5.32 Å². The molecule has 1 aromatic heterocycles. The average molecular weight is 328 g/mol. The van der Waals surface area contributed by atoms with Crippen LogP contribution in [0, 0.1) is 6.92 Å². The van der Waals surface area contributed by atoms with Gasteiger partial charge >= 0.3 is 5.97 Å². The molecule has 0 spiro atoms. The van der Waals surface area contributed by atoms with Crippen LogP contribution in [0.3, 0.4) is 0 Å². The molecule has 0 bridgehead atoms. The van der Waals surface area contributed by atoms with Gasteiger partial charge in [-0.2, -0.15) is 0 Å². The largest absolute Gasteiger partial charge is 0.449 e. The third-order valence-electron chi connectivity index (χ3n) is 4.12. The Morgan fingerprint density at radius 3 is 2.67 bits per heavy atom. The Bertz CT molecular complexity index is 766. The molecule has 0 saturated carbocycles. The van der Waals surface area contributed by atoms with Gasteiger partial charge in [0.25, 0.3) is 5.91 Å². The number of ether oxygens (including phenoxy) is 1. The lowest BCUT2D eigenvalue weighted by molar-refractivity contribution is -0.123. The van der Waals surface area contributed by atoms with E-state index in [2.05, 4.69) is 10.5 Å². The molecule has 6 nitrogen and oxygen atoms in total. The zero-order valence-corrected chi connectivity index (χ0v) is 13.8. The molecule has 3 rings (SSSR count). The molecule has 1 aromatic carbocycles. The van der Waals surface area contributed by atoms with Gasteiger partial charge in [-0.3, -0.25) is 4.79 Å². The number of rotatable bonds is 4. The molecule has 1 aliphatic carbocycles. The predicted octanol–water partition coefficient (Wildman–Crippen LogP) is 3.05. The Kier molecular flexibility index (Phi) is 4.64. The van der Waals surface area contributed by atoms with E-state index in [0.717, 1.165) is 19.3 Å². The summed E-state index contributed by atoms with van der Waals surface area (Å²) in [5.41, 5.74) is 2.98. The summed E-state index contributed by atoms with van der Waals surface area (Å²) in [7, 11) is 0. The highest BCUT2D eigenvalue weighted by Gasteiger charge is 2.21. The number of carbonyl (C=O) groups excluding carboxylic acids is 2. The second-order valence-corrected chi connectivity index (χ2v) is 6.05. The average Bonchev–Trinajstić information content (AvgIpc) is 2.99. The van der Waals surface area contributed by atoms with E-state index >= 15 is 0 Å². The number of nitrogens with one attached hydrogen (secondary N) is 1. The Balaban J connectivity index is 1.62. The minimum absolute atomic E-state index is 0.300. The van der Waals surface area contributed by atoms with Crippen molar-refractivity contribution in [3.63, 3.8) is 0 Å². The number of benzene rings is 1. The van der Waals surface area contributed by atoms with Gasteiger partial charge in [0, 0.05) is 6.07 Å². The van der Waals surface area contributed by atoms with E-state index in [-0.39, 0.29) is 0 Å². The SMILES string of the molecule is Cc1cc(NC(=O)[C@H](C)OC(=O)c2ccc3c(c2)CCCC3)no1. The first kappa shape index (κ1) is 16.2. The van der Waals surface area contributed by atoms with Crippen LogP contribution in [0.1, 0.15) is 47.0 Å². The van der Waals surface area contributed by atoms with Crippen LogP contribution in [0.25, 0.3) is 0 Å². The number of amides is 1. The number of nitrogens with zero attached hydrogens (tertiary/aromatic N) is 1. The molecule has 6 heteroatoms. The molecule has 24 heavy (non-hydrogen) atoms. The zero-order chi connectivity index (χ0) is 17.1. The van der Waals surface area contributed by atoms with E-state index in [1.54, 1.807) is 19.1 Å². The zero-order valence-electron chi connectivity index (χ0n) is 13.8. The maximum Gasteiger partial charge on any atom is 0.338 e. The van der Waals surface area contributed by atoms with Crippen LogP contribution in [0.15, 0.2) is 28.8 Å². The molecular formula is C18H20N2O4. The first-order valence-corrected chi connectivity index (χ1v) is 8.10. The van der Waals surface area contributed by atoms with Gasteiger partial charge < -0.3 is 14.6 Å². The van der Waals surface area contributed by atoms with Crippen molar-refractivity contribution in [3.05, 3.63) is 46.7 Å². The Hall–Kier alpha value is -2.63. The molecule has 0 saturated heterocycles. The molecule has 2 aromatic rings. The van der Waals surface area contributed by atoms with E-state index < -0.39 is 18.0 Å². The van der Waals surface area contributed by atoms with Gasteiger partial charge in [0.05, 0.1) is 5.56 Å². The van der Waals surface area contributed by atoms with E-state index in [0.29, 0.717) is 17.1 Å². The van der Waals surface area contributed by atoms with Gasteiger partial charge in [-0.15, -0.1) is 0 Å². The first-order chi connectivity index (χ1) is 11.5. The number of hydrogen-bond donors (Lipinski definition) is 1. The fourth-order valence-electron chi connectivity index (χ4n) is 2.80. The minimum Gasteiger partial charge on any atom is -0.449 e. The summed E-state index contributed by atoms with van der Waals surface area (Å²) in [6, 6.07) is 7.21. The van der Waals surface area contributed by atoms with Gasteiger partial charge in [-0.1, -0.05) is 11.2 Å². The number of aromatic nitrogens is 1. The molecule has 1 amide bonds. The molecule has 0 fully saturated rings. The monoisotopic (exact) mass is 328 g/mol. The maximum absolute atomic E-state index is 12.3. The highest BCUT2D eigenvalue weighted by Crippen LogP contribution is 2.22. The topological polar surface area (TPSA) is 81.4 Å². The van der Waals surface area contributed by atoms with Crippen LogP contribution in [0.5, 0.6) is 0 Å². The summed E-state index contributed by atoms with van der Waals surface area (Å²) < 4.78 is 10.1. The minimum atomic E-state index is -0.925. The van der Waals surface area contributed by atoms with Crippen molar-refractivity contribution in [2.24, 2.45) is 0 Å². The van der Waals surface area contributed by atoms with Crippen molar-refractivity contribution < 1.29 is 18.8 Å². The van der Waals surface area contributed by atoms with Gasteiger partial charge in [0.2, 0.25) is 0 Å². The van der Waals surface area contributed by atoms with Crippen molar-refractivity contribution in [3.8, 4) is 0 Å². The van der Waals surface area contributed by atoms with Crippen molar-refractivity contribution >= 4 is 17.7 Å². The van der Waals surface area contributed by atoms with Crippen molar-refractivity contribution in [2.45, 2.75) is 45.6 Å². The number of anilines is 1. The molecule has 1 N–H and O–H groups in total. The van der Waals surface area contributed by atoms with E-state index in [1.165, 1.54) is 24.5 Å². The smallest absolute Gasteiger partial charge is 0.338 e. The molecule has 1 aliphatic rings. The Morgan fingerprint density at radius 2 is 1.96 bits per heavy atom. The van der Waals surface area contributed by atoms with Crippen LogP contribution in [-0.2, 0) is 22.4 Å². The predicted molar refractivity (Wildman–Crippen MR) is 87.8 cm³/mol. The number of esters is 1. The second-order valence-electron chi connectivity index (χ2n) is 6.05. The third-order valence-corrected chi connectivity index (χ3v) is 4.12. The molecule has 126 valence electrons. The normalized spacial score (nSPS) is 14.6. The van der Waals surface area contributed by atoms with E-state index in [9.17, 15) is 9.59 Å². The summed E-state index contributed by atoms with van der Waals surface area (Å²) in [5, 5.41) is 6.22. The highest BCUT2D eigenvalue weighted by molar-refractivity contribution is 5.96. The number of carbonyl (C=O) groups is 2. The fraction of sp³-hybridized carbons (Fsp3) is 0.389. The van der Waals surface area contributed by atoms with Gasteiger partial charge in [-0.25, -0.2) is 4.79 Å².